The maximum atomic E-state index is 9.28. The largest absolute Gasteiger partial charge is 0.494 e. The number of hydrogen-bond donors (Lipinski definition) is 3. The van der Waals surface area contributed by atoms with Gasteiger partial charge in [0.15, 0.2) is 0 Å². The molecule has 1 aromatic carbocycles. The van der Waals surface area contributed by atoms with E-state index in [4.69, 9.17) is 9.84 Å². The van der Waals surface area contributed by atoms with Crippen LogP contribution in [0.3, 0.4) is 0 Å². The van der Waals surface area contributed by atoms with E-state index in [-0.39, 0.29) is 18.8 Å². The molecule has 0 fully saturated rings. The minimum absolute atomic E-state index is 0.149. The van der Waals surface area contributed by atoms with Gasteiger partial charge in [-0.25, -0.2) is 0 Å². The number of hydrogen-bond acceptors (Lipinski definition) is 4. The molecule has 0 aliphatic heterocycles. The molecule has 0 aromatic heterocycles. The van der Waals surface area contributed by atoms with E-state index < -0.39 is 0 Å². The molecule has 1 unspecified atom stereocenters. The third-order valence-electron chi connectivity index (χ3n) is 3.67. The normalized spacial score (nSPS) is 14.0. The lowest BCUT2D eigenvalue weighted by Gasteiger charge is -2.26. The Morgan fingerprint density at radius 2 is 1.85 bits per heavy atom. The van der Waals surface area contributed by atoms with E-state index >= 15 is 0 Å². The molecule has 1 rings (SSSR count). The van der Waals surface area contributed by atoms with Gasteiger partial charge in [-0.2, -0.15) is 0 Å². The van der Waals surface area contributed by atoms with E-state index in [2.05, 4.69) is 5.32 Å². The second kappa shape index (κ2) is 8.95. The second-order valence-electron chi connectivity index (χ2n) is 5.39. The third-order valence-corrected chi connectivity index (χ3v) is 3.67. The van der Waals surface area contributed by atoms with Crippen molar-refractivity contribution in [3.63, 3.8) is 0 Å². The van der Waals surface area contributed by atoms with Crippen LogP contribution < -0.4 is 10.1 Å². The number of rotatable bonds is 10. The Hall–Kier alpha value is -1.10. The van der Waals surface area contributed by atoms with Crippen molar-refractivity contribution in [2.24, 2.45) is 0 Å². The van der Waals surface area contributed by atoms with Gasteiger partial charge in [0.1, 0.15) is 5.75 Å². The summed E-state index contributed by atoms with van der Waals surface area (Å²) >= 11 is 0. The fraction of sp³-hybridized carbons (Fsp3) is 0.625. The van der Waals surface area contributed by atoms with E-state index in [0.29, 0.717) is 13.0 Å². The van der Waals surface area contributed by atoms with Crippen molar-refractivity contribution < 1.29 is 14.9 Å². The maximum absolute atomic E-state index is 9.28. The predicted molar refractivity (Wildman–Crippen MR) is 81.1 cm³/mol. The molecule has 1 atom stereocenters. The monoisotopic (exact) mass is 281 g/mol. The van der Waals surface area contributed by atoms with Crippen LogP contribution in [0.2, 0.25) is 0 Å². The van der Waals surface area contributed by atoms with Gasteiger partial charge in [-0.3, -0.25) is 0 Å². The lowest BCUT2D eigenvalue weighted by atomic mass is 9.96. The number of likely N-dealkylation sites (N-methyl/N-ethyl adjacent to an activating group) is 1. The SMILES string of the molecule is CNC(C)(CO)CCCCOc1ccc(CCO)cc1. The first-order valence-corrected chi connectivity index (χ1v) is 7.26. The minimum Gasteiger partial charge on any atom is -0.494 e. The first kappa shape index (κ1) is 17.0. The Morgan fingerprint density at radius 3 is 2.40 bits per heavy atom. The van der Waals surface area contributed by atoms with Crippen LogP contribution in [0.5, 0.6) is 5.75 Å². The molecule has 20 heavy (non-hydrogen) atoms. The van der Waals surface area contributed by atoms with Crippen molar-refractivity contribution in [2.75, 3.05) is 26.9 Å². The summed E-state index contributed by atoms with van der Waals surface area (Å²) in [5, 5.41) is 21.3. The van der Waals surface area contributed by atoms with E-state index in [1.54, 1.807) is 0 Å². The molecule has 3 N–H and O–H groups in total. The van der Waals surface area contributed by atoms with E-state index in [9.17, 15) is 5.11 Å². The number of aliphatic hydroxyl groups excluding tert-OH is 2. The number of benzene rings is 1. The summed E-state index contributed by atoms with van der Waals surface area (Å²) in [5.41, 5.74) is 0.930. The Morgan fingerprint density at radius 1 is 1.15 bits per heavy atom. The van der Waals surface area contributed by atoms with Gasteiger partial charge in [0, 0.05) is 12.1 Å². The minimum atomic E-state index is -0.189. The summed E-state index contributed by atoms with van der Waals surface area (Å²) in [6.45, 7) is 3.03. The smallest absolute Gasteiger partial charge is 0.119 e. The summed E-state index contributed by atoms with van der Waals surface area (Å²) in [6, 6.07) is 7.84. The molecule has 0 heterocycles. The van der Waals surface area contributed by atoms with Crippen LogP contribution in [0.15, 0.2) is 24.3 Å². The summed E-state index contributed by atoms with van der Waals surface area (Å²) in [6.07, 6.45) is 3.60. The van der Waals surface area contributed by atoms with Gasteiger partial charge in [0.05, 0.1) is 13.2 Å². The van der Waals surface area contributed by atoms with Crippen molar-refractivity contribution >= 4 is 0 Å². The van der Waals surface area contributed by atoms with Crippen LogP contribution in [-0.4, -0.2) is 42.6 Å². The fourth-order valence-electron chi connectivity index (χ4n) is 1.97. The summed E-state index contributed by atoms with van der Waals surface area (Å²) in [7, 11) is 1.88. The number of unbranched alkanes of at least 4 members (excludes halogenated alkanes) is 1. The molecular weight excluding hydrogens is 254 g/mol. The van der Waals surface area contributed by atoms with Gasteiger partial charge in [0.25, 0.3) is 0 Å². The quantitative estimate of drug-likeness (QED) is 0.572. The van der Waals surface area contributed by atoms with Gasteiger partial charge in [-0.1, -0.05) is 12.1 Å². The van der Waals surface area contributed by atoms with E-state index in [0.717, 1.165) is 30.6 Å². The van der Waals surface area contributed by atoms with Crippen molar-refractivity contribution in [1.82, 2.24) is 5.32 Å². The zero-order valence-electron chi connectivity index (χ0n) is 12.6. The average molecular weight is 281 g/mol. The van der Waals surface area contributed by atoms with Gasteiger partial charge < -0.3 is 20.3 Å². The zero-order valence-corrected chi connectivity index (χ0v) is 12.6. The molecule has 4 heteroatoms. The van der Waals surface area contributed by atoms with Crippen LogP contribution in [0.25, 0.3) is 0 Å². The lowest BCUT2D eigenvalue weighted by molar-refractivity contribution is 0.168. The zero-order chi connectivity index (χ0) is 14.8. The van der Waals surface area contributed by atoms with Crippen LogP contribution in [0.4, 0.5) is 0 Å². The molecule has 0 bridgehead atoms. The van der Waals surface area contributed by atoms with E-state index in [1.807, 2.05) is 38.2 Å². The lowest BCUT2D eigenvalue weighted by Crippen LogP contribution is -2.43. The van der Waals surface area contributed by atoms with Gasteiger partial charge in [0.2, 0.25) is 0 Å². The molecule has 0 spiro atoms. The predicted octanol–water partition coefficient (Wildman–Crippen LogP) is 1.74. The summed E-state index contributed by atoms with van der Waals surface area (Å²) < 4.78 is 5.68. The molecule has 1 aromatic rings. The van der Waals surface area contributed by atoms with Gasteiger partial charge in [-0.05, 0) is 57.4 Å². The highest BCUT2D eigenvalue weighted by Crippen LogP contribution is 2.15. The molecule has 4 nitrogen and oxygen atoms in total. The van der Waals surface area contributed by atoms with Crippen molar-refractivity contribution in [1.29, 1.82) is 0 Å². The van der Waals surface area contributed by atoms with Crippen molar-refractivity contribution in [3.8, 4) is 5.75 Å². The van der Waals surface area contributed by atoms with Gasteiger partial charge in [-0.15, -0.1) is 0 Å². The van der Waals surface area contributed by atoms with Gasteiger partial charge >= 0.3 is 0 Å². The average Bonchev–Trinajstić information content (AvgIpc) is 2.48. The molecule has 0 saturated carbocycles. The van der Waals surface area contributed by atoms with Crippen molar-refractivity contribution in [2.45, 2.75) is 38.1 Å². The molecular formula is C16H27NO3. The number of nitrogens with one attached hydrogen (secondary N) is 1. The highest BCUT2D eigenvalue weighted by atomic mass is 16.5. The fourth-order valence-corrected chi connectivity index (χ4v) is 1.97. The highest BCUT2D eigenvalue weighted by molar-refractivity contribution is 5.27. The first-order chi connectivity index (χ1) is 9.63. The Kier molecular flexibility index (Phi) is 7.59. The highest BCUT2D eigenvalue weighted by Gasteiger charge is 2.19. The Labute approximate surface area is 121 Å². The Balaban J connectivity index is 2.21. The van der Waals surface area contributed by atoms with Crippen LogP contribution >= 0.6 is 0 Å². The maximum Gasteiger partial charge on any atom is 0.119 e. The Bertz CT molecular complexity index is 360. The third kappa shape index (κ3) is 5.90. The molecule has 0 amide bonds. The molecule has 0 saturated heterocycles. The van der Waals surface area contributed by atoms with E-state index in [1.165, 1.54) is 0 Å². The second-order valence-corrected chi connectivity index (χ2v) is 5.39. The first-order valence-electron chi connectivity index (χ1n) is 7.26. The molecule has 0 radical (unpaired) electrons. The van der Waals surface area contributed by atoms with Crippen LogP contribution in [-0.2, 0) is 6.42 Å². The van der Waals surface area contributed by atoms with Crippen molar-refractivity contribution in [3.05, 3.63) is 29.8 Å². The van der Waals surface area contributed by atoms with Crippen LogP contribution in [0.1, 0.15) is 31.7 Å². The number of ether oxygens (including phenoxy) is 1. The summed E-state index contributed by atoms with van der Waals surface area (Å²) in [4.78, 5) is 0. The molecule has 0 aliphatic carbocycles. The standard InChI is InChI=1S/C16H27NO3/c1-16(13-19,17-2)10-3-4-12-20-15-7-5-14(6-8-15)9-11-18/h5-8,17-19H,3-4,9-13H2,1-2H3. The summed E-state index contributed by atoms with van der Waals surface area (Å²) in [5.74, 6) is 0.866. The van der Waals surface area contributed by atoms with Crippen LogP contribution in [0, 0.1) is 0 Å². The topological polar surface area (TPSA) is 61.7 Å². The molecule has 114 valence electrons. The number of aliphatic hydroxyl groups is 2. The molecule has 0 aliphatic rings.